The number of rotatable bonds is 7. The Morgan fingerprint density at radius 2 is 2.00 bits per heavy atom. The van der Waals surface area contributed by atoms with E-state index >= 15 is 0 Å². The van der Waals surface area contributed by atoms with Gasteiger partial charge in [0.1, 0.15) is 16.8 Å². The van der Waals surface area contributed by atoms with Crippen molar-refractivity contribution in [2.45, 2.75) is 62.9 Å². The predicted molar refractivity (Wildman–Crippen MR) is 155 cm³/mol. The number of aliphatic carboxylic acids is 1. The van der Waals surface area contributed by atoms with E-state index in [1.165, 1.54) is 27.2 Å². The van der Waals surface area contributed by atoms with Crippen LogP contribution in [-0.4, -0.2) is 62.5 Å². The number of carboxylic acids is 1. The zero-order valence-electron chi connectivity index (χ0n) is 24.0. The maximum absolute atomic E-state index is 14.0. The standard InChI is InChI=1S/C30H29F2N7O4S/c1-17-5-6-20(24(12-26(40)41)23-7-9-39-28(18(23)2)35-36-30(39)27(31)32)11-21(17)15-37-16-22-4-3-8-38(22)29-25(44(37,42)43)10-19(13-33)14-34-29/h5-7,9-11,14,22,24,27H,3-4,8,12,15-16H2,1-2H3,(H,40,41)/t22-,24+/m0/s1. The van der Waals surface area contributed by atoms with E-state index in [-0.39, 0.29) is 41.7 Å². The lowest BCUT2D eigenvalue weighted by atomic mass is 9.85. The van der Waals surface area contributed by atoms with Crippen LogP contribution >= 0.6 is 0 Å². The molecule has 44 heavy (non-hydrogen) atoms. The minimum Gasteiger partial charge on any atom is -0.481 e. The largest absolute Gasteiger partial charge is 0.481 e. The Balaban J connectivity index is 1.41. The molecule has 1 saturated heterocycles. The van der Waals surface area contributed by atoms with Gasteiger partial charge in [0.2, 0.25) is 15.8 Å². The second kappa shape index (κ2) is 11.2. The normalized spacial score (nSPS) is 18.5. The molecule has 2 aliphatic rings. The van der Waals surface area contributed by atoms with Crippen molar-refractivity contribution < 1.29 is 27.1 Å². The monoisotopic (exact) mass is 621 g/mol. The molecule has 2 atom stereocenters. The molecule has 0 amide bonds. The average Bonchev–Trinajstić information content (AvgIpc) is 3.63. The summed E-state index contributed by atoms with van der Waals surface area (Å²) in [5, 5.41) is 26.8. The number of carbonyl (C=O) groups is 1. The van der Waals surface area contributed by atoms with Crippen molar-refractivity contribution in [3.8, 4) is 6.07 Å². The lowest BCUT2D eigenvalue weighted by Crippen LogP contribution is -2.39. The maximum atomic E-state index is 14.0. The van der Waals surface area contributed by atoms with Crippen LogP contribution in [0.25, 0.3) is 5.65 Å². The highest BCUT2D eigenvalue weighted by Gasteiger charge is 2.40. The Morgan fingerprint density at radius 3 is 2.73 bits per heavy atom. The van der Waals surface area contributed by atoms with Crippen molar-refractivity contribution in [1.29, 1.82) is 5.26 Å². The van der Waals surface area contributed by atoms with Crippen LogP contribution in [0.2, 0.25) is 0 Å². The molecule has 11 nitrogen and oxygen atoms in total. The number of hydrogen-bond acceptors (Lipinski definition) is 8. The third-order valence-electron chi connectivity index (χ3n) is 8.61. The lowest BCUT2D eigenvalue weighted by Gasteiger charge is -2.26. The number of nitrogens with zero attached hydrogens (tertiary/aromatic N) is 7. The van der Waals surface area contributed by atoms with Crippen molar-refractivity contribution in [2.75, 3.05) is 18.0 Å². The van der Waals surface area contributed by atoms with Crippen LogP contribution in [0.4, 0.5) is 14.6 Å². The second-order valence-corrected chi connectivity index (χ2v) is 13.1. The van der Waals surface area contributed by atoms with Gasteiger partial charge >= 0.3 is 5.97 Å². The highest BCUT2D eigenvalue weighted by atomic mass is 32.2. The molecule has 1 aromatic carbocycles. The molecule has 14 heteroatoms. The molecule has 0 aliphatic carbocycles. The molecule has 3 aromatic heterocycles. The molecule has 0 radical (unpaired) electrons. The van der Waals surface area contributed by atoms with Gasteiger partial charge in [-0.3, -0.25) is 9.20 Å². The van der Waals surface area contributed by atoms with Crippen molar-refractivity contribution in [2.24, 2.45) is 0 Å². The smallest absolute Gasteiger partial charge is 0.304 e. The van der Waals surface area contributed by atoms with E-state index in [0.29, 0.717) is 34.6 Å². The minimum absolute atomic E-state index is 0.00101. The van der Waals surface area contributed by atoms with Crippen molar-refractivity contribution in [3.63, 3.8) is 0 Å². The third kappa shape index (κ3) is 5.05. The molecule has 6 rings (SSSR count). The summed E-state index contributed by atoms with van der Waals surface area (Å²) in [6.45, 7) is 4.48. The summed E-state index contributed by atoms with van der Waals surface area (Å²) in [6, 6.07) is 10.3. The first-order valence-corrected chi connectivity index (χ1v) is 15.5. The molecular weight excluding hydrogens is 592 g/mol. The molecule has 5 heterocycles. The fraction of sp³-hybridized carbons (Fsp3) is 0.367. The van der Waals surface area contributed by atoms with Gasteiger partial charge in [0.05, 0.1) is 12.0 Å². The van der Waals surface area contributed by atoms with Crippen molar-refractivity contribution >= 4 is 27.5 Å². The average molecular weight is 622 g/mol. The van der Waals surface area contributed by atoms with Gasteiger partial charge in [0.15, 0.2) is 5.65 Å². The summed E-state index contributed by atoms with van der Waals surface area (Å²) in [7, 11) is -4.04. The molecule has 0 unspecified atom stereocenters. The molecule has 228 valence electrons. The van der Waals surface area contributed by atoms with Crippen molar-refractivity contribution in [1.82, 2.24) is 23.9 Å². The Labute approximate surface area is 252 Å². The van der Waals surface area contributed by atoms with Gasteiger partial charge in [-0.1, -0.05) is 18.2 Å². The molecule has 1 N–H and O–H groups in total. The second-order valence-electron chi connectivity index (χ2n) is 11.2. The summed E-state index contributed by atoms with van der Waals surface area (Å²) in [5.41, 5.74) is 3.63. The molecule has 2 aliphatic heterocycles. The van der Waals surface area contributed by atoms with Gasteiger partial charge in [0.25, 0.3) is 6.43 Å². The number of carboxylic acid groups (broad SMARTS) is 1. The highest BCUT2D eigenvalue weighted by molar-refractivity contribution is 7.89. The first-order valence-electron chi connectivity index (χ1n) is 14.1. The van der Waals surface area contributed by atoms with Crippen LogP contribution in [0, 0.1) is 25.2 Å². The Bertz CT molecular complexity index is 1940. The van der Waals surface area contributed by atoms with E-state index in [0.717, 1.165) is 18.4 Å². The number of aromatic nitrogens is 4. The van der Waals surface area contributed by atoms with E-state index < -0.39 is 34.2 Å². The third-order valence-corrected chi connectivity index (χ3v) is 10.4. The molecule has 0 spiro atoms. The number of anilines is 1. The van der Waals surface area contributed by atoms with Gasteiger partial charge in [-0.25, -0.2) is 22.2 Å². The predicted octanol–water partition coefficient (Wildman–Crippen LogP) is 4.33. The number of pyridine rings is 2. The van der Waals surface area contributed by atoms with Crippen LogP contribution in [0.5, 0.6) is 0 Å². The summed E-state index contributed by atoms with van der Waals surface area (Å²) in [6.07, 6.45) is 1.38. The van der Waals surface area contributed by atoms with Gasteiger partial charge in [-0.15, -0.1) is 10.2 Å². The topological polar surface area (TPSA) is 145 Å². The van der Waals surface area contributed by atoms with Gasteiger partial charge in [-0.2, -0.15) is 9.57 Å². The fourth-order valence-corrected chi connectivity index (χ4v) is 7.95. The Morgan fingerprint density at radius 1 is 1.20 bits per heavy atom. The molecule has 0 saturated carbocycles. The first kappa shape index (κ1) is 29.6. The fourth-order valence-electron chi connectivity index (χ4n) is 6.32. The number of benzene rings is 1. The van der Waals surface area contributed by atoms with E-state index in [1.54, 1.807) is 19.1 Å². The number of nitriles is 1. The van der Waals surface area contributed by atoms with E-state index in [4.69, 9.17) is 0 Å². The molecule has 4 aromatic rings. The van der Waals surface area contributed by atoms with E-state index in [2.05, 4.69) is 15.2 Å². The number of fused-ring (bicyclic) bond motifs is 4. The summed E-state index contributed by atoms with van der Waals surface area (Å²) >= 11 is 0. The Hall–Kier alpha value is -4.48. The molecular formula is C30H29F2N7O4S. The zero-order valence-corrected chi connectivity index (χ0v) is 24.8. The zero-order chi connectivity index (χ0) is 31.3. The highest BCUT2D eigenvalue weighted by Crippen LogP contribution is 2.38. The lowest BCUT2D eigenvalue weighted by molar-refractivity contribution is -0.137. The SMILES string of the molecule is Cc1ccc([C@@H](CC(=O)O)c2ccn3c(C(F)F)nnc3c2C)cc1CN1C[C@@H]2CCCN2c2ncc(C#N)cc2S1(=O)=O. The summed E-state index contributed by atoms with van der Waals surface area (Å²) in [4.78, 5) is 18.4. The first-order chi connectivity index (χ1) is 21.0. The van der Waals surface area contributed by atoms with Crippen LogP contribution in [-0.2, 0) is 21.4 Å². The number of sulfonamides is 1. The summed E-state index contributed by atoms with van der Waals surface area (Å²) < 4.78 is 57.6. The maximum Gasteiger partial charge on any atom is 0.304 e. The Kier molecular flexibility index (Phi) is 7.54. The summed E-state index contributed by atoms with van der Waals surface area (Å²) in [5.74, 6) is -1.87. The van der Waals surface area contributed by atoms with Gasteiger partial charge in [-0.05, 0) is 66.6 Å². The van der Waals surface area contributed by atoms with E-state index in [1.807, 2.05) is 30.0 Å². The quantitative estimate of drug-likeness (QED) is 0.319. The number of alkyl halides is 2. The molecule has 0 bridgehead atoms. The minimum atomic E-state index is -4.04. The van der Waals surface area contributed by atoms with Crippen LogP contribution < -0.4 is 4.90 Å². The van der Waals surface area contributed by atoms with Crippen LogP contribution in [0.15, 0.2) is 47.6 Å². The van der Waals surface area contributed by atoms with Crippen LogP contribution in [0.1, 0.15) is 70.8 Å². The van der Waals surface area contributed by atoms with Gasteiger partial charge < -0.3 is 10.0 Å². The molecule has 1 fully saturated rings. The van der Waals surface area contributed by atoms with Crippen LogP contribution in [0.3, 0.4) is 0 Å². The number of halogens is 2. The van der Waals surface area contributed by atoms with Crippen molar-refractivity contribution in [3.05, 3.63) is 81.9 Å². The van der Waals surface area contributed by atoms with Gasteiger partial charge in [0, 0.05) is 44.0 Å². The number of hydrogen-bond donors (Lipinski definition) is 1. The van der Waals surface area contributed by atoms with E-state index in [9.17, 15) is 32.4 Å². The number of aryl methyl sites for hydroxylation is 2.